The van der Waals surface area contributed by atoms with Crippen LogP contribution in [-0.2, 0) is 42.9 Å². The molecule has 2 N–H and O–H groups in total. The van der Waals surface area contributed by atoms with Crippen molar-refractivity contribution in [1.82, 2.24) is 10.6 Å². The first-order chi connectivity index (χ1) is 25.8. The molecule has 0 saturated carbocycles. The van der Waals surface area contributed by atoms with Gasteiger partial charge < -0.3 is 39.1 Å². The van der Waals surface area contributed by atoms with Crippen molar-refractivity contribution in [2.75, 3.05) is 39.5 Å². The van der Waals surface area contributed by atoms with Crippen molar-refractivity contribution in [3.8, 4) is 5.75 Å². The van der Waals surface area contributed by atoms with Crippen molar-refractivity contribution in [3.05, 3.63) is 101 Å². The molecule has 1 aliphatic carbocycles. The third-order valence-corrected chi connectivity index (χ3v) is 8.03. The van der Waals surface area contributed by atoms with E-state index in [1.54, 1.807) is 68.4 Å². The smallest absolute Gasteiger partial charge is 0.412 e. The van der Waals surface area contributed by atoms with E-state index in [0.717, 1.165) is 0 Å². The standard InChI is InChI=1S/C40H42N2O12/c1-7-49-36(45)40(37(46)50-8-2)23-27-14-10-12-16-29(27)32(33(40)54-39(48)42-20-22-52-35(44)25(5)6)31-28-15-11-9-13-26(28)17-18-30(31)53-38(47)41-19-21-51-34(43)24(3)4/h9-18,23,33H,3,5,7-8,19-22H2,1-2,4,6H3,(H,41,47)(H,42,48). The van der Waals surface area contributed by atoms with Crippen LogP contribution < -0.4 is 25.8 Å². The molecule has 1 unspecified atom stereocenters. The van der Waals surface area contributed by atoms with E-state index in [9.17, 15) is 28.8 Å². The minimum Gasteiger partial charge on any atom is -0.465 e. The molecular formula is C40H42N2O12. The van der Waals surface area contributed by atoms with E-state index in [0.29, 0.717) is 21.2 Å². The van der Waals surface area contributed by atoms with Gasteiger partial charge >= 0.3 is 36.1 Å². The first-order valence-corrected chi connectivity index (χ1v) is 17.1. The van der Waals surface area contributed by atoms with Crippen LogP contribution in [0.4, 0.5) is 9.59 Å². The largest absolute Gasteiger partial charge is 0.465 e. The van der Waals surface area contributed by atoms with Gasteiger partial charge in [0, 0.05) is 22.3 Å². The van der Waals surface area contributed by atoms with Crippen molar-refractivity contribution in [2.24, 2.45) is 5.41 Å². The van der Waals surface area contributed by atoms with Crippen LogP contribution in [0.2, 0.25) is 0 Å². The van der Waals surface area contributed by atoms with Gasteiger partial charge in [0.05, 0.1) is 26.3 Å². The Morgan fingerprint density at radius 3 is 1.85 bits per heavy atom. The van der Waals surface area contributed by atoms with E-state index in [1.807, 2.05) is 0 Å². The van der Waals surface area contributed by atoms with Crippen LogP contribution >= 0.6 is 0 Å². The lowest BCUT2D eigenvalue weighted by Gasteiger charge is -2.37. The van der Waals surface area contributed by atoms with Gasteiger partial charge in [-0.3, -0.25) is 9.59 Å². The first kappa shape index (κ1) is 40.3. The maximum atomic E-state index is 14.2. The van der Waals surface area contributed by atoms with Gasteiger partial charge in [-0.25, -0.2) is 19.2 Å². The molecule has 0 spiro atoms. The van der Waals surface area contributed by atoms with E-state index in [-0.39, 0.29) is 67.5 Å². The van der Waals surface area contributed by atoms with Crippen LogP contribution in [0.5, 0.6) is 5.75 Å². The van der Waals surface area contributed by atoms with E-state index in [4.69, 9.17) is 28.4 Å². The van der Waals surface area contributed by atoms with Crippen LogP contribution in [0.15, 0.2) is 85.0 Å². The number of rotatable bonds is 15. The molecule has 0 aromatic heterocycles. The average molecular weight is 743 g/mol. The topological polar surface area (TPSA) is 182 Å². The quantitative estimate of drug-likeness (QED) is 0.0763. The molecular weight excluding hydrogens is 700 g/mol. The summed E-state index contributed by atoms with van der Waals surface area (Å²) in [4.78, 5) is 78.9. The summed E-state index contributed by atoms with van der Waals surface area (Å²) in [7, 11) is 0. The SMILES string of the molecule is C=C(C)C(=O)OCCNC(=O)Oc1ccc2ccccc2c1C1=c2ccccc2=CC(C(=O)OCC)(C(=O)OCC)C1OC(=O)NCCOC(=O)C(=C)C. The number of fused-ring (bicyclic) bond motifs is 2. The summed E-state index contributed by atoms with van der Waals surface area (Å²) in [5, 5.41) is 7.02. The molecule has 0 radical (unpaired) electrons. The van der Waals surface area contributed by atoms with Gasteiger partial charge in [-0.2, -0.15) is 0 Å². The fraction of sp³-hybridized carbons (Fsp3) is 0.300. The average Bonchev–Trinajstić information content (AvgIpc) is 3.14. The van der Waals surface area contributed by atoms with Crippen molar-refractivity contribution >= 4 is 58.5 Å². The van der Waals surface area contributed by atoms with Gasteiger partial charge in [-0.05, 0) is 61.0 Å². The number of alkyl carbamates (subject to hydrolysis) is 1. The summed E-state index contributed by atoms with van der Waals surface area (Å²) in [5.41, 5.74) is -1.71. The molecule has 14 heteroatoms. The van der Waals surface area contributed by atoms with E-state index >= 15 is 0 Å². The number of esters is 4. The molecule has 0 aliphatic heterocycles. The number of benzene rings is 3. The third-order valence-electron chi connectivity index (χ3n) is 8.03. The second kappa shape index (κ2) is 18.4. The Bertz CT molecular complexity index is 2090. The predicted molar refractivity (Wildman–Crippen MR) is 196 cm³/mol. The molecule has 3 aromatic rings. The molecule has 14 nitrogen and oxygen atoms in total. The second-order valence-corrected chi connectivity index (χ2v) is 12.0. The Morgan fingerprint density at radius 1 is 0.704 bits per heavy atom. The maximum absolute atomic E-state index is 14.2. The fourth-order valence-electron chi connectivity index (χ4n) is 5.63. The van der Waals surface area contributed by atoms with Crippen LogP contribution in [0.3, 0.4) is 0 Å². The summed E-state index contributed by atoms with van der Waals surface area (Å²) in [6.45, 7) is 12.2. The number of nitrogens with one attached hydrogen (secondary N) is 2. The lowest BCUT2D eigenvalue weighted by Crippen LogP contribution is -2.57. The summed E-state index contributed by atoms with van der Waals surface area (Å²) >= 11 is 0. The highest BCUT2D eigenvalue weighted by atomic mass is 16.6. The summed E-state index contributed by atoms with van der Waals surface area (Å²) in [6, 6.07) is 17.1. The van der Waals surface area contributed by atoms with Crippen molar-refractivity contribution in [2.45, 2.75) is 33.8 Å². The number of carbonyl (C=O) groups excluding carboxylic acids is 6. The van der Waals surface area contributed by atoms with Gasteiger partial charge in [0.25, 0.3) is 0 Å². The minimum atomic E-state index is -2.40. The lowest BCUT2D eigenvalue weighted by molar-refractivity contribution is -0.171. The number of hydrogen-bond acceptors (Lipinski definition) is 12. The van der Waals surface area contributed by atoms with Crippen molar-refractivity contribution in [1.29, 1.82) is 0 Å². The van der Waals surface area contributed by atoms with Crippen molar-refractivity contribution in [3.63, 3.8) is 0 Å². The Morgan fingerprint density at radius 2 is 1.26 bits per heavy atom. The molecule has 1 aliphatic rings. The highest BCUT2D eigenvalue weighted by Crippen LogP contribution is 2.44. The van der Waals surface area contributed by atoms with Crippen LogP contribution in [-0.4, -0.2) is 81.7 Å². The second-order valence-electron chi connectivity index (χ2n) is 12.0. The monoisotopic (exact) mass is 742 g/mol. The molecule has 0 saturated heterocycles. The van der Waals surface area contributed by atoms with Gasteiger partial charge in [0.1, 0.15) is 19.0 Å². The fourth-order valence-corrected chi connectivity index (χ4v) is 5.63. The molecule has 0 heterocycles. The van der Waals surface area contributed by atoms with Gasteiger partial charge in [0.15, 0.2) is 6.10 Å². The predicted octanol–water partition coefficient (Wildman–Crippen LogP) is 3.37. The van der Waals surface area contributed by atoms with Crippen LogP contribution in [0, 0.1) is 5.41 Å². The molecule has 1 atom stereocenters. The van der Waals surface area contributed by atoms with Gasteiger partial charge in [-0.15, -0.1) is 0 Å². The lowest BCUT2D eigenvalue weighted by atomic mass is 9.71. The normalized spacial score (nSPS) is 13.9. The number of hydrogen-bond donors (Lipinski definition) is 2. The number of amides is 2. The summed E-state index contributed by atoms with van der Waals surface area (Å²) in [5.74, 6) is -3.44. The molecule has 54 heavy (non-hydrogen) atoms. The number of carbonyl (C=O) groups is 6. The molecule has 0 bridgehead atoms. The third kappa shape index (κ3) is 9.13. The Hall–Kier alpha value is -6.44. The molecule has 4 rings (SSSR count). The van der Waals surface area contributed by atoms with E-state index in [2.05, 4.69) is 23.8 Å². The zero-order chi connectivity index (χ0) is 39.4. The van der Waals surface area contributed by atoms with Crippen LogP contribution in [0.25, 0.3) is 22.4 Å². The zero-order valence-corrected chi connectivity index (χ0v) is 30.5. The zero-order valence-electron chi connectivity index (χ0n) is 30.5. The number of ether oxygens (including phenoxy) is 6. The summed E-state index contributed by atoms with van der Waals surface area (Å²) in [6.07, 6.45) is -2.43. The van der Waals surface area contributed by atoms with Gasteiger partial charge in [0.2, 0.25) is 5.41 Å². The Kier molecular flexibility index (Phi) is 13.7. The molecule has 3 aromatic carbocycles. The van der Waals surface area contributed by atoms with Gasteiger partial charge in [-0.1, -0.05) is 67.8 Å². The van der Waals surface area contributed by atoms with E-state index in [1.165, 1.54) is 26.0 Å². The molecule has 284 valence electrons. The highest BCUT2D eigenvalue weighted by molar-refractivity contribution is 6.12. The Balaban J connectivity index is 1.92. The maximum Gasteiger partial charge on any atom is 0.412 e. The van der Waals surface area contributed by atoms with Crippen LogP contribution in [0.1, 0.15) is 33.3 Å². The molecule has 0 fully saturated rings. The van der Waals surface area contributed by atoms with E-state index < -0.39 is 47.6 Å². The Labute approximate surface area is 311 Å². The minimum absolute atomic E-state index is 0.0285. The molecule has 2 amide bonds. The van der Waals surface area contributed by atoms with Crippen molar-refractivity contribution < 1.29 is 57.2 Å². The first-order valence-electron chi connectivity index (χ1n) is 17.1. The summed E-state index contributed by atoms with van der Waals surface area (Å²) < 4.78 is 33.0. The highest BCUT2D eigenvalue weighted by Gasteiger charge is 2.59.